The molecule has 266 valence electrons. The lowest BCUT2D eigenvalue weighted by Crippen LogP contribution is -2.49. The van der Waals surface area contributed by atoms with E-state index in [4.69, 9.17) is 9.47 Å². The van der Waals surface area contributed by atoms with Crippen LogP contribution in [0, 0.1) is 28.1 Å². The lowest BCUT2D eigenvalue weighted by molar-refractivity contribution is -0.315. The van der Waals surface area contributed by atoms with Crippen molar-refractivity contribution >= 4 is 39.5 Å². The van der Waals surface area contributed by atoms with E-state index < -0.39 is 65.1 Å². The molecular weight excluding hydrogens is 654 g/mol. The second kappa shape index (κ2) is 12.8. The fourth-order valence-electron chi connectivity index (χ4n) is 7.80. The van der Waals surface area contributed by atoms with Gasteiger partial charge in [-0.2, -0.15) is 26.3 Å². The third kappa shape index (κ3) is 7.83. The molecule has 0 amide bonds. The second-order valence-corrected chi connectivity index (χ2v) is 15.2. The minimum absolute atomic E-state index is 0.138. The zero-order valence-electron chi connectivity index (χ0n) is 28.0. The number of carbonyl (C=O) groups excluding carboxylic acids is 3. The number of esters is 3. The van der Waals surface area contributed by atoms with Crippen molar-refractivity contribution in [2.75, 3.05) is 0 Å². The summed E-state index contributed by atoms with van der Waals surface area (Å²) in [5.74, 6) is -2.56. The fraction of sp³-hybridized carbons (Fsp3) is 0.541. The van der Waals surface area contributed by atoms with E-state index in [1.54, 1.807) is 12.1 Å². The number of fused-ring (bicyclic) bond motifs is 5. The summed E-state index contributed by atoms with van der Waals surface area (Å²) in [6.07, 6.45) is -14.0. The third-order valence-corrected chi connectivity index (χ3v) is 9.94. The van der Waals surface area contributed by atoms with Crippen LogP contribution in [0.3, 0.4) is 0 Å². The molecule has 12 heteroatoms. The maximum Gasteiger partial charge on any atom is 0.434 e. The molecular formula is C37H40F6O6. The smallest absolute Gasteiger partial charge is 0.434 e. The first-order valence-corrected chi connectivity index (χ1v) is 16.3. The van der Waals surface area contributed by atoms with Crippen molar-refractivity contribution < 1.29 is 54.9 Å². The highest BCUT2D eigenvalue weighted by molar-refractivity contribution is 6.07. The zero-order chi connectivity index (χ0) is 36.2. The molecule has 0 heterocycles. The van der Waals surface area contributed by atoms with Crippen molar-refractivity contribution in [3.63, 3.8) is 0 Å². The highest BCUT2D eigenvalue weighted by Gasteiger charge is 2.61. The van der Waals surface area contributed by atoms with Gasteiger partial charge < -0.3 is 14.2 Å². The predicted octanol–water partition coefficient (Wildman–Crippen LogP) is 9.51. The number of ether oxygens (including phenoxy) is 3. The average Bonchev–Trinajstić information content (AvgIpc) is 3.61. The largest absolute Gasteiger partial charge is 0.462 e. The molecule has 0 saturated heterocycles. The highest BCUT2D eigenvalue weighted by Crippen LogP contribution is 2.49. The first-order chi connectivity index (χ1) is 22.6. The van der Waals surface area contributed by atoms with Crippen LogP contribution in [-0.4, -0.2) is 42.5 Å². The Morgan fingerprint density at radius 1 is 0.714 bits per heavy atom. The lowest BCUT2D eigenvalue weighted by atomic mass is 9.66. The van der Waals surface area contributed by atoms with Crippen LogP contribution in [0.25, 0.3) is 21.5 Å². The summed E-state index contributed by atoms with van der Waals surface area (Å²) in [6, 6.07) is 16.8. The van der Waals surface area contributed by atoms with Gasteiger partial charge in [0.25, 0.3) is 6.10 Å². The van der Waals surface area contributed by atoms with Crippen LogP contribution in [0.5, 0.6) is 5.75 Å². The van der Waals surface area contributed by atoms with Crippen molar-refractivity contribution in [3.05, 3.63) is 54.6 Å². The van der Waals surface area contributed by atoms with Crippen LogP contribution >= 0.6 is 0 Å². The molecule has 4 unspecified atom stereocenters. The Morgan fingerprint density at radius 3 is 1.90 bits per heavy atom. The molecule has 4 atom stereocenters. The Bertz CT molecular complexity index is 1730. The van der Waals surface area contributed by atoms with Crippen LogP contribution in [-0.2, 0) is 23.9 Å². The Balaban J connectivity index is 1.39. The number of alkyl halides is 6. The number of carbonyl (C=O) groups is 3. The van der Waals surface area contributed by atoms with E-state index in [-0.39, 0.29) is 18.1 Å². The summed E-state index contributed by atoms with van der Waals surface area (Å²) in [6.45, 7) is 6.64. The maximum atomic E-state index is 14.0. The van der Waals surface area contributed by atoms with Gasteiger partial charge in [0.2, 0.25) is 0 Å². The van der Waals surface area contributed by atoms with Crippen molar-refractivity contribution in [2.45, 2.75) is 97.7 Å². The number of hydrogen-bond donors (Lipinski definition) is 0. The summed E-state index contributed by atoms with van der Waals surface area (Å²) >= 11 is 0. The van der Waals surface area contributed by atoms with Crippen LogP contribution in [0.2, 0.25) is 0 Å². The molecule has 0 spiro atoms. The van der Waals surface area contributed by atoms with Crippen molar-refractivity contribution in [2.24, 2.45) is 28.1 Å². The monoisotopic (exact) mass is 694 g/mol. The number of halogens is 6. The zero-order valence-corrected chi connectivity index (χ0v) is 28.0. The summed E-state index contributed by atoms with van der Waals surface area (Å²) in [5, 5.41) is 3.82. The molecule has 0 aliphatic heterocycles. The molecule has 5 rings (SSSR count). The lowest BCUT2D eigenvalue weighted by Gasteiger charge is -2.40. The van der Waals surface area contributed by atoms with E-state index in [1.165, 1.54) is 20.8 Å². The van der Waals surface area contributed by atoms with Crippen molar-refractivity contribution in [3.8, 4) is 5.75 Å². The normalized spacial score (nSPS) is 21.2. The Morgan fingerprint density at radius 2 is 1.31 bits per heavy atom. The molecule has 49 heavy (non-hydrogen) atoms. The second-order valence-electron chi connectivity index (χ2n) is 15.2. The molecule has 2 aliphatic carbocycles. The van der Waals surface area contributed by atoms with Crippen LogP contribution in [0.1, 0.15) is 73.1 Å². The quantitative estimate of drug-likeness (QED) is 0.0911. The molecule has 0 N–H and O–H groups in total. The van der Waals surface area contributed by atoms with E-state index in [0.29, 0.717) is 12.3 Å². The first kappa shape index (κ1) is 36.5. The Kier molecular flexibility index (Phi) is 9.53. The van der Waals surface area contributed by atoms with Crippen LogP contribution in [0.15, 0.2) is 54.6 Å². The van der Waals surface area contributed by atoms with Gasteiger partial charge in [0.15, 0.2) is 0 Å². The third-order valence-electron chi connectivity index (χ3n) is 9.94. The Hall–Kier alpha value is -3.83. The van der Waals surface area contributed by atoms with E-state index in [0.717, 1.165) is 54.7 Å². The summed E-state index contributed by atoms with van der Waals surface area (Å²) in [4.78, 5) is 40.6. The van der Waals surface area contributed by atoms with Gasteiger partial charge in [0.1, 0.15) is 11.9 Å². The molecule has 6 nitrogen and oxygen atoms in total. The fourth-order valence-corrected chi connectivity index (χ4v) is 7.80. The molecule has 3 aromatic rings. The van der Waals surface area contributed by atoms with E-state index in [2.05, 4.69) is 4.74 Å². The van der Waals surface area contributed by atoms with Crippen LogP contribution in [0.4, 0.5) is 26.3 Å². The molecule has 2 aliphatic rings. The van der Waals surface area contributed by atoms with Gasteiger partial charge in [-0.15, -0.1) is 0 Å². The molecule has 2 bridgehead atoms. The summed E-state index contributed by atoms with van der Waals surface area (Å²) in [5.41, 5.74) is -5.18. The molecule has 3 aromatic carbocycles. The molecule has 2 saturated carbocycles. The average molecular weight is 695 g/mol. The standard InChI is InChI=1S/C37H40F6O6/c1-33(2,30(44)47-25-14-15-27-23(18-25)13-12-22-8-6-7-9-26(22)27)19-35(5,32(46)48-28-17-21-10-11-24(28)16-21)20-34(3,4)31(45)49-29(36(38,39)40)37(41,42)43/h6-9,12-15,18,21,24,28-29H,10-11,16-17,19-20H2,1-5H3. The topological polar surface area (TPSA) is 78.9 Å². The van der Waals surface area contributed by atoms with Gasteiger partial charge in [-0.3, -0.25) is 14.4 Å². The van der Waals surface area contributed by atoms with Gasteiger partial charge in [-0.1, -0.05) is 42.5 Å². The van der Waals surface area contributed by atoms with Gasteiger partial charge in [0, 0.05) is 0 Å². The SMILES string of the molecule is CC(C)(CC(C)(CC(C)(C)C(=O)OC(C(F)(F)F)C(F)(F)F)C(=O)OC1CC2CCC1C2)C(=O)Oc1ccc2c(ccc3ccccc32)c1. The van der Waals surface area contributed by atoms with Crippen LogP contribution < -0.4 is 4.74 Å². The summed E-state index contributed by atoms with van der Waals surface area (Å²) in [7, 11) is 0. The minimum atomic E-state index is -5.91. The predicted molar refractivity (Wildman–Crippen MR) is 169 cm³/mol. The molecule has 0 radical (unpaired) electrons. The number of hydrogen-bond acceptors (Lipinski definition) is 6. The van der Waals surface area contributed by atoms with Gasteiger partial charge >= 0.3 is 30.3 Å². The van der Waals surface area contributed by atoms with Gasteiger partial charge in [0.05, 0.1) is 16.2 Å². The first-order valence-electron chi connectivity index (χ1n) is 16.3. The Labute approximate surface area is 280 Å². The van der Waals surface area contributed by atoms with E-state index >= 15 is 0 Å². The number of benzene rings is 3. The van der Waals surface area contributed by atoms with E-state index in [1.807, 2.05) is 42.5 Å². The minimum Gasteiger partial charge on any atom is -0.462 e. The highest BCUT2D eigenvalue weighted by atomic mass is 19.4. The summed E-state index contributed by atoms with van der Waals surface area (Å²) < 4.78 is 95.3. The van der Waals surface area contributed by atoms with Gasteiger partial charge in [-0.25, -0.2) is 0 Å². The van der Waals surface area contributed by atoms with Gasteiger partial charge in [-0.05, 0) is 119 Å². The van der Waals surface area contributed by atoms with E-state index in [9.17, 15) is 40.7 Å². The molecule has 0 aromatic heterocycles. The molecule has 2 fully saturated rings. The van der Waals surface area contributed by atoms with Crippen molar-refractivity contribution in [1.29, 1.82) is 0 Å². The maximum absolute atomic E-state index is 14.0. The van der Waals surface area contributed by atoms with Crippen molar-refractivity contribution in [1.82, 2.24) is 0 Å². The number of rotatable bonds is 10.